The van der Waals surface area contributed by atoms with Crippen molar-refractivity contribution in [1.82, 2.24) is 15.6 Å². The third-order valence-corrected chi connectivity index (χ3v) is 5.19. The van der Waals surface area contributed by atoms with Gasteiger partial charge in [0.25, 0.3) is 0 Å². The predicted octanol–water partition coefficient (Wildman–Crippen LogP) is 4.07. The van der Waals surface area contributed by atoms with Crippen molar-refractivity contribution < 1.29 is 4.74 Å². The van der Waals surface area contributed by atoms with Crippen LogP contribution >= 0.6 is 35.3 Å². The number of thiazole rings is 1. The number of aromatic nitrogens is 1. The molecule has 136 valence electrons. The van der Waals surface area contributed by atoms with Gasteiger partial charge in [0.2, 0.25) is 0 Å². The van der Waals surface area contributed by atoms with Gasteiger partial charge in [-0.15, -0.1) is 35.3 Å². The Morgan fingerprint density at radius 2 is 2.20 bits per heavy atom. The number of benzene rings is 1. The topological polar surface area (TPSA) is 58.5 Å². The Labute approximate surface area is 170 Å². The highest BCUT2D eigenvalue weighted by atomic mass is 127. The zero-order chi connectivity index (χ0) is 16.9. The van der Waals surface area contributed by atoms with E-state index >= 15 is 0 Å². The fraction of sp³-hybridized carbons (Fsp3) is 0.444. The number of ether oxygens (including phenoxy) is 1. The average molecular weight is 472 g/mol. The van der Waals surface area contributed by atoms with Crippen molar-refractivity contribution in [3.63, 3.8) is 0 Å². The minimum atomic E-state index is 0. The van der Waals surface area contributed by atoms with E-state index in [0.717, 1.165) is 30.4 Å². The standard InChI is InChI=1S/C18H24N4OS.HI/c1-12(2)17-21-13(11-24-17)10-20-18(19-3)22-15-8-9-23-16-7-5-4-6-14(15)16;/h4-7,11-12,15H,8-10H2,1-3H3,(H2,19,20,22);1H. The first-order valence-electron chi connectivity index (χ1n) is 8.30. The normalized spacial score (nSPS) is 16.6. The quantitative estimate of drug-likeness (QED) is 0.400. The van der Waals surface area contributed by atoms with Gasteiger partial charge in [0.05, 0.1) is 29.9 Å². The fourth-order valence-corrected chi connectivity index (χ4v) is 3.53. The van der Waals surface area contributed by atoms with Crippen LogP contribution in [0.5, 0.6) is 5.75 Å². The molecule has 1 unspecified atom stereocenters. The Kier molecular flexibility index (Phi) is 7.49. The van der Waals surface area contributed by atoms with Gasteiger partial charge in [0, 0.05) is 30.3 Å². The second kappa shape index (κ2) is 9.38. The number of aliphatic imine (C=N–C) groups is 1. The molecule has 2 N–H and O–H groups in total. The fourth-order valence-electron chi connectivity index (χ4n) is 2.69. The van der Waals surface area contributed by atoms with E-state index in [1.54, 1.807) is 18.4 Å². The van der Waals surface area contributed by atoms with Crippen LogP contribution in [0.25, 0.3) is 0 Å². The Hall–Kier alpha value is -1.35. The van der Waals surface area contributed by atoms with Crippen LogP contribution in [-0.2, 0) is 6.54 Å². The highest BCUT2D eigenvalue weighted by Gasteiger charge is 2.21. The van der Waals surface area contributed by atoms with Crippen molar-refractivity contribution in [2.45, 2.75) is 38.8 Å². The van der Waals surface area contributed by atoms with Crippen LogP contribution in [0.3, 0.4) is 0 Å². The van der Waals surface area contributed by atoms with E-state index in [2.05, 4.69) is 45.9 Å². The summed E-state index contributed by atoms with van der Waals surface area (Å²) in [6.45, 7) is 5.72. The Morgan fingerprint density at radius 3 is 2.92 bits per heavy atom. The van der Waals surface area contributed by atoms with Gasteiger partial charge in [-0.25, -0.2) is 4.98 Å². The summed E-state index contributed by atoms with van der Waals surface area (Å²) in [5, 5.41) is 10.1. The van der Waals surface area contributed by atoms with Gasteiger partial charge in [0.15, 0.2) is 5.96 Å². The second-order valence-electron chi connectivity index (χ2n) is 6.13. The number of halogens is 1. The lowest BCUT2D eigenvalue weighted by molar-refractivity contribution is 0.261. The number of fused-ring (bicyclic) bond motifs is 1. The SMILES string of the molecule is CN=C(NCc1csc(C(C)C)n1)NC1CCOc2ccccc21.I. The molecule has 3 rings (SSSR count). The Balaban J connectivity index is 0.00000225. The van der Waals surface area contributed by atoms with Crippen molar-refractivity contribution in [3.05, 3.63) is 45.9 Å². The molecule has 25 heavy (non-hydrogen) atoms. The van der Waals surface area contributed by atoms with Crippen LogP contribution in [0.4, 0.5) is 0 Å². The molecule has 0 aliphatic carbocycles. The average Bonchev–Trinajstić information content (AvgIpc) is 3.08. The maximum Gasteiger partial charge on any atom is 0.191 e. The molecule has 0 radical (unpaired) electrons. The third-order valence-electron chi connectivity index (χ3n) is 3.99. The Bertz CT molecular complexity index is 717. The Morgan fingerprint density at radius 1 is 1.40 bits per heavy atom. The van der Waals surface area contributed by atoms with Crippen molar-refractivity contribution >= 4 is 41.3 Å². The zero-order valence-corrected chi connectivity index (χ0v) is 17.9. The molecular weight excluding hydrogens is 447 g/mol. The van der Waals surface area contributed by atoms with E-state index in [4.69, 9.17) is 4.74 Å². The van der Waals surface area contributed by atoms with E-state index in [9.17, 15) is 0 Å². The van der Waals surface area contributed by atoms with Crippen molar-refractivity contribution in [2.75, 3.05) is 13.7 Å². The van der Waals surface area contributed by atoms with Crippen molar-refractivity contribution in [1.29, 1.82) is 0 Å². The highest BCUT2D eigenvalue weighted by Crippen LogP contribution is 2.31. The molecule has 1 aromatic carbocycles. The monoisotopic (exact) mass is 472 g/mol. The van der Waals surface area contributed by atoms with Crippen LogP contribution in [0.1, 0.15) is 48.5 Å². The molecule has 0 fully saturated rings. The summed E-state index contributed by atoms with van der Waals surface area (Å²) in [4.78, 5) is 8.99. The van der Waals surface area contributed by atoms with E-state index in [-0.39, 0.29) is 30.0 Å². The van der Waals surface area contributed by atoms with E-state index < -0.39 is 0 Å². The van der Waals surface area contributed by atoms with Crippen LogP contribution in [0.15, 0.2) is 34.6 Å². The lowest BCUT2D eigenvalue weighted by Crippen LogP contribution is -2.40. The lowest BCUT2D eigenvalue weighted by atomic mass is 10.0. The first-order valence-corrected chi connectivity index (χ1v) is 9.18. The molecule has 1 atom stereocenters. The molecule has 0 saturated heterocycles. The van der Waals surface area contributed by atoms with Gasteiger partial charge in [-0.05, 0) is 6.07 Å². The molecule has 0 bridgehead atoms. The van der Waals surface area contributed by atoms with Gasteiger partial charge >= 0.3 is 0 Å². The number of nitrogens with one attached hydrogen (secondary N) is 2. The highest BCUT2D eigenvalue weighted by molar-refractivity contribution is 14.0. The molecule has 1 aliphatic rings. The van der Waals surface area contributed by atoms with Gasteiger partial charge in [-0.3, -0.25) is 4.99 Å². The number of hydrogen-bond acceptors (Lipinski definition) is 4. The molecule has 0 amide bonds. The first-order chi connectivity index (χ1) is 11.7. The van der Waals surface area contributed by atoms with Crippen molar-refractivity contribution in [3.8, 4) is 5.75 Å². The van der Waals surface area contributed by atoms with Gasteiger partial charge in [-0.1, -0.05) is 32.0 Å². The number of rotatable bonds is 4. The predicted molar refractivity (Wildman–Crippen MR) is 114 cm³/mol. The second-order valence-corrected chi connectivity index (χ2v) is 7.02. The first kappa shape index (κ1) is 20.0. The molecule has 2 heterocycles. The summed E-state index contributed by atoms with van der Waals surface area (Å²) >= 11 is 1.72. The smallest absolute Gasteiger partial charge is 0.191 e. The maximum absolute atomic E-state index is 5.71. The van der Waals surface area contributed by atoms with E-state index in [1.165, 1.54) is 10.6 Å². The van der Waals surface area contributed by atoms with Crippen LogP contribution in [0, 0.1) is 0 Å². The molecule has 5 nitrogen and oxygen atoms in total. The van der Waals surface area contributed by atoms with Crippen LogP contribution < -0.4 is 15.4 Å². The number of hydrogen-bond donors (Lipinski definition) is 2. The van der Waals surface area contributed by atoms with E-state index in [1.807, 2.05) is 18.2 Å². The molecule has 1 aliphatic heterocycles. The molecule has 7 heteroatoms. The molecule has 2 aromatic rings. The summed E-state index contributed by atoms with van der Waals surface area (Å²) in [6.07, 6.45) is 0.923. The van der Waals surface area contributed by atoms with Gasteiger partial charge in [-0.2, -0.15) is 0 Å². The number of nitrogens with zero attached hydrogens (tertiary/aromatic N) is 2. The van der Waals surface area contributed by atoms with Gasteiger partial charge < -0.3 is 15.4 Å². The molecule has 0 saturated carbocycles. The summed E-state index contributed by atoms with van der Waals surface area (Å²) in [5.41, 5.74) is 2.24. The van der Waals surface area contributed by atoms with Gasteiger partial charge in [0.1, 0.15) is 5.75 Å². The summed E-state index contributed by atoms with van der Waals surface area (Å²) < 4.78 is 5.71. The van der Waals surface area contributed by atoms with E-state index in [0.29, 0.717) is 12.5 Å². The lowest BCUT2D eigenvalue weighted by Gasteiger charge is -2.28. The zero-order valence-electron chi connectivity index (χ0n) is 14.8. The van der Waals surface area contributed by atoms with Crippen LogP contribution in [0.2, 0.25) is 0 Å². The summed E-state index contributed by atoms with van der Waals surface area (Å²) in [6, 6.07) is 8.38. The minimum Gasteiger partial charge on any atom is -0.493 e. The number of guanidine groups is 1. The maximum atomic E-state index is 5.71. The summed E-state index contributed by atoms with van der Waals surface area (Å²) in [5.74, 6) is 2.22. The molecule has 1 aromatic heterocycles. The molecule has 0 spiro atoms. The van der Waals surface area contributed by atoms with Crippen LogP contribution in [-0.4, -0.2) is 24.6 Å². The summed E-state index contributed by atoms with van der Waals surface area (Å²) in [7, 11) is 1.79. The minimum absolute atomic E-state index is 0. The van der Waals surface area contributed by atoms with Crippen molar-refractivity contribution in [2.24, 2.45) is 4.99 Å². The number of para-hydroxylation sites is 1. The third kappa shape index (κ3) is 5.07. The largest absolute Gasteiger partial charge is 0.493 e. The molecular formula is C18H25IN4OS.